The van der Waals surface area contributed by atoms with E-state index < -0.39 is 0 Å². The lowest BCUT2D eigenvalue weighted by atomic mass is 10.2. The standard InChI is InChI=1S/C20H16Cl2N4OS/c1-25(9-13-5-4-6-14(21)19(13)22)18(27)10-26-17-8-3-2-7-15(17)24-20(26)16-11-28-12-23-16/h2-8,11-12H,9-10H2,1H3. The molecule has 0 atom stereocenters. The smallest absolute Gasteiger partial charge is 0.242 e. The maximum absolute atomic E-state index is 13.0. The molecule has 142 valence electrons. The number of hydrogen-bond donors (Lipinski definition) is 0. The Bertz CT molecular complexity index is 1140. The van der Waals surface area contributed by atoms with Crippen LogP contribution in [0, 0.1) is 0 Å². The summed E-state index contributed by atoms with van der Waals surface area (Å²) >= 11 is 13.8. The molecule has 4 aromatic rings. The Morgan fingerprint density at radius 2 is 2.00 bits per heavy atom. The van der Waals surface area contributed by atoms with E-state index in [1.165, 1.54) is 11.3 Å². The highest BCUT2D eigenvalue weighted by molar-refractivity contribution is 7.07. The van der Waals surface area contributed by atoms with E-state index >= 15 is 0 Å². The Morgan fingerprint density at radius 3 is 2.79 bits per heavy atom. The number of aromatic nitrogens is 3. The molecule has 0 spiro atoms. The van der Waals surface area contributed by atoms with Gasteiger partial charge in [0.2, 0.25) is 5.91 Å². The second kappa shape index (κ2) is 7.91. The van der Waals surface area contributed by atoms with E-state index in [9.17, 15) is 4.79 Å². The predicted octanol–water partition coefficient (Wildman–Crippen LogP) is 5.13. The van der Waals surface area contributed by atoms with Crippen LogP contribution in [0.1, 0.15) is 5.56 Å². The predicted molar refractivity (Wildman–Crippen MR) is 114 cm³/mol. The summed E-state index contributed by atoms with van der Waals surface area (Å²) in [5.41, 5.74) is 5.05. The van der Waals surface area contributed by atoms with E-state index in [1.54, 1.807) is 23.5 Å². The number of carbonyl (C=O) groups excluding carboxylic acids is 1. The minimum atomic E-state index is -0.0596. The fraction of sp³-hybridized carbons (Fsp3) is 0.150. The van der Waals surface area contributed by atoms with Gasteiger partial charge in [0.05, 0.1) is 26.6 Å². The summed E-state index contributed by atoms with van der Waals surface area (Å²) in [6.45, 7) is 0.527. The van der Waals surface area contributed by atoms with Crippen LogP contribution in [0.15, 0.2) is 53.4 Å². The lowest BCUT2D eigenvalue weighted by molar-refractivity contribution is -0.130. The number of para-hydroxylation sites is 2. The zero-order valence-corrected chi connectivity index (χ0v) is 17.3. The molecular weight excluding hydrogens is 415 g/mol. The third-order valence-electron chi connectivity index (χ3n) is 4.47. The van der Waals surface area contributed by atoms with Crippen LogP contribution in [-0.2, 0) is 17.9 Å². The highest BCUT2D eigenvalue weighted by atomic mass is 35.5. The molecule has 5 nitrogen and oxygen atoms in total. The molecule has 0 N–H and O–H groups in total. The fourth-order valence-electron chi connectivity index (χ4n) is 3.02. The van der Waals surface area contributed by atoms with Crippen molar-refractivity contribution in [3.8, 4) is 11.5 Å². The van der Waals surface area contributed by atoms with Crippen LogP contribution in [-0.4, -0.2) is 32.4 Å². The minimum Gasteiger partial charge on any atom is -0.340 e. The number of benzene rings is 2. The first-order valence-corrected chi connectivity index (χ1v) is 10.2. The number of likely N-dealkylation sites (N-methyl/N-ethyl adjacent to an activating group) is 1. The quantitative estimate of drug-likeness (QED) is 0.441. The number of nitrogens with zero attached hydrogens (tertiary/aromatic N) is 4. The first-order valence-electron chi connectivity index (χ1n) is 8.55. The molecule has 0 aliphatic carbocycles. The molecule has 0 aliphatic rings. The van der Waals surface area contributed by atoms with Gasteiger partial charge < -0.3 is 9.47 Å². The third-order valence-corrected chi connectivity index (χ3v) is 5.92. The Hall–Kier alpha value is -2.41. The summed E-state index contributed by atoms with van der Waals surface area (Å²) in [6.07, 6.45) is 0. The molecule has 8 heteroatoms. The van der Waals surface area contributed by atoms with Crippen molar-refractivity contribution in [1.29, 1.82) is 0 Å². The van der Waals surface area contributed by atoms with Gasteiger partial charge in [-0.2, -0.15) is 0 Å². The number of rotatable bonds is 5. The van der Waals surface area contributed by atoms with E-state index in [2.05, 4.69) is 9.97 Å². The largest absolute Gasteiger partial charge is 0.340 e. The number of halogens is 2. The van der Waals surface area contributed by atoms with Crippen LogP contribution >= 0.6 is 34.5 Å². The van der Waals surface area contributed by atoms with Gasteiger partial charge in [0, 0.05) is 19.0 Å². The molecule has 0 saturated carbocycles. The molecule has 2 heterocycles. The molecule has 2 aromatic carbocycles. The zero-order chi connectivity index (χ0) is 19.7. The van der Waals surface area contributed by atoms with E-state index in [1.807, 2.05) is 46.3 Å². The van der Waals surface area contributed by atoms with E-state index in [-0.39, 0.29) is 12.5 Å². The number of imidazole rings is 1. The molecule has 2 aromatic heterocycles. The molecule has 0 fully saturated rings. The van der Waals surface area contributed by atoms with Crippen LogP contribution in [0.25, 0.3) is 22.6 Å². The normalized spacial score (nSPS) is 11.1. The van der Waals surface area contributed by atoms with Crippen molar-refractivity contribution in [3.63, 3.8) is 0 Å². The fourth-order valence-corrected chi connectivity index (χ4v) is 3.93. The average Bonchev–Trinajstić information content (AvgIpc) is 3.33. The van der Waals surface area contributed by atoms with Crippen LogP contribution < -0.4 is 0 Å². The monoisotopic (exact) mass is 430 g/mol. The Balaban J connectivity index is 1.63. The average molecular weight is 431 g/mol. The summed E-state index contributed by atoms with van der Waals surface area (Å²) in [5, 5.41) is 2.88. The zero-order valence-electron chi connectivity index (χ0n) is 15.0. The third kappa shape index (κ3) is 3.63. The molecular formula is C20H16Cl2N4OS. The molecule has 1 amide bonds. The van der Waals surface area contributed by atoms with Crippen molar-refractivity contribution >= 4 is 51.5 Å². The highest BCUT2D eigenvalue weighted by Gasteiger charge is 2.19. The Morgan fingerprint density at radius 1 is 1.18 bits per heavy atom. The van der Waals surface area contributed by atoms with Crippen molar-refractivity contribution in [2.75, 3.05) is 7.05 Å². The molecule has 4 rings (SSSR count). The molecule has 0 aliphatic heterocycles. The maximum Gasteiger partial charge on any atom is 0.242 e. The molecule has 0 saturated heterocycles. The van der Waals surface area contributed by atoms with Gasteiger partial charge in [-0.25, -0.2) is 9.97 Å². The van der Waals surface area contributed by atoms with Crippen molar-refractivity contribution in [1.82, 2.24) is 19.4 Å². The van der Waals surface area contributed by atoms with Crippen molar-refractivity contribution in [2.45, 2.75) is 13.1 Å². The lowest BCUT2D eigenvalue weighted by Gasteiger charge is -2.19. The molecule has 0 radical (unpaired) electrons. The maximum atomic E-state index is 13.0. The van der Waals surface area contributed by atoms with E-state index in [4.69, 9.17) is 23.2 Å². The number of amides is 1. The second-order valence-electron chi connectivity index (χ2n) is 6.35. The van der Waals surface area contributed by atoms with E-state index in [0.29, 0.717) is 22.4 Å². The van der Waals surface area contributed by atoms with Crippen LogP contribution in [0.3, 0.4) is 0 Å². The van der Waals surface area contributed by atoms with Crippen LogP contribution in [0.5, 0.6) is 0 Å². The number of hydrogen-bond acceptors (Lipinski definition) is 4. The first-order chi connectivity index (χ1) is 13.5. The van der Waals surface area contributed by atoms with Crippen LogP contribution in [0.4, 0.5) is 0 Å². The Kier molecular flexibility index (Phi) is 5.35. The van der Waals surface area contributed by atoms with Gasteiger partial charge in [-0.05, 0) is 23.8 Å². The van der Waals surface area contributed by atoms with Crippen molar-refractivity contribution < 1.29 is 4.79 Å². The van der Waals surface area contributed by atoms with Gasteiger partial charge in [0.25, 0.3) is 0 Å². The molecule has 28 heavy (non-hydrogen) atoms. The summed E-state index contributed by atoms with van der Waals surface area (Å²) in [7, 11) is 1.75. The van der Waals surface area contributed by atoms with Crippen LogP contribution in [0.2, 0.25) is 10.0 Å². The second-order valence-corrected chi connectivity index (χ2v) is 7.85. The van der Waals surface area contributed by atoms with Crippen molar-refractivity contribution in [2.24, 2.45) is 0 Å². The Labute approximate surface area is 176 Å². The minimum absolute atomic E-state index is 0.0596. The summed E-state index contributed by atoms with van der Waals surface area (Å²) in [4.78, 5) is 23.6. The number of carbonyl (C=O) groups is 1. The topological polar surface area (TPSA) is 51.0 Å². The first kappa shape index (κ1) is 18.9. The highest BCUT2D eigenvalue weighted by Crippen LogP contribution is 2.27. The van der Waals surface area contributed by atoms with E-state index in [0.717, 1.165) is 22.3 Å². The van der Waals surface area contributed by atoms with Crippen molar-refractivity contribution in [3.05, 3.63) is 69.0 Å². The SMILES string of the molecule is CN(Cc1cccc(Cl)c1Cl)C(=O)Cn1c(-c2cscn2)nc2ccccc21. The van der Waals surface area contributed by atoms with Gasteiger partial charge in [0.1, 0.15) is 12.2 Å². The molecule has 0 unspecified atom stereocenters. The molecule has 0 bridgehead atoms. The number of fused-ring (bicyclic) bond motifs is 1. The lowest BCUT2D eigenvalue weighted by Crippen LogP contribution is -2.30. The number of thiazole rings is 1. The summed E-state index contributed by atoms with van der Waals surface area (Å²) in [5.74, 6) is 0.626. The summed E-state index contributed by atoms with van der Waals surface area (Å²) in [6, 6.07) is 13.2. The van der Waals surface area contributed by atoms with Gasteiger partial charge in [-0.1, -0.05) is 47.5 Å². The van der Waals surface area contributed by atoms with Gasteiger partial charge in [-0.15, -0.1) is 11.3 Å². The van der Waals surface area contributed by atoms with Gasteiger partial charge >= 0.3 is 0 Å². The van der Waals surface area contributed by atoms with Gasteiger partial charge in [0.15, 0.2) is 5.82 Å². The van der Waals surface area contributed by atoms with Gasteiger partial charge in [-0.3, -0.25) is 4.79 Å². The summed E-state index contributed by atoms with van der Waals surface area (Å²) < 4.78 is 1.91.